The van der Waals surface area contributed by atoms with Crippen molar-refractivity contribution in [2.24, 2.45) is 0 Å². The summed E-state index contributed by atoms with van der Waals surface area (Å²) in [4.78, 5) is 3.52. The van der Waals surface area contributed by atoms with E-state index in [2.05, 4.69) is 4.98 Å². The van der Waals surface area contributed by atoms with E-state index in [0.29, 0.717) is 0 Å². The van der Waals surface area contributed by atoms with Crippen molar-refractivity contribution in [1.29, 1.82) is 0 Å². The van der Waals surface area contributed by atoms with Crippen LogP contribution in [-0.4, -0.2) is 51.7 Å². The number of rotatable bonds is 5. The van der Waals surface area contributed by atoms with Gasteiger partial charge in [-0.1, -0.05) is 11.6 Å². The van der Waals surface area contributed by atoms with E-state index in [0.717, 1.165) is 16.8 Å². The third-order valence-corrected chi connectivity index (χ3v) is 5.38. The Hall–Kier alpha value is -0.900. The van der Waals surface area contributed by atoms with Crippen LogP contribution in [0.2, 0.25) is 5.02 Å². The number of hydrogen-bond donors (Lipinski definition) is 1. The van der Waals surface area contributed by atoms with Crippen molar-refractivity contribution in [1.82, 2.24) is 9.29 Å². The first kappa shape index (κ1) is 16.2. The molecule has 1 aromatic rings. The Morgan fingerprint density at radius 1 is 1.37 bits per heavy atom. The predicted molar refractivity (Wildman–Crippen MR) is 73.2 cm³/mol. The van der Waals surface area contributed by atoms with Crippen LogP contribution < -0.4 is 5.73 Å². The molecule has 0 aliphatic carbocycles. The molecule has 0 saturated heterocycles. The Morgan fingerprint density at radius 3 is 2.42 bits per heavy atom. The number of sulfonamides is 1. The molecular formula is C9H14ClN3O4S2. The summed E-state index contributed by atoms with van der Waals surface area (Å²) in [5.41, 5.74) is 5.39. The van der Waals surface area contributed by atoms with Crippen molar-refractivity contribution in [3.8, 4) is 0 Å². The van der Waals surface area contributed by atoms with E-state index in [4.69, 9.17) is 17.3 Å². The lowest BCUT2D eigenvalue weighted by molar-refractivity contribution is 0.484. The van der Waals surface area contributed by atoms with Crippen molar-refractivity contribution in [3.63, 3.8) is 0 Å². The summed E-state index contributed by atoms with van der Waals surface area (Å²) in [6.07, 6.45) is 2.11. The maximum Gasteiger partial charge on any atom is 0.244 e. The molecule has 0 atom stereocenters. The molecule has 0 amide bonds. The second-order valence-corrected chi connectivity index (χ2v) is 8.71. The highest BCUT2D eigenvalue weighted by molar-refractivity contribution is 7.91. The second-order valence-electron chi connectivity index (χ2n) is 3.99. The predicted octanol–water partition coefficient (Wildman–Crippen LogP) is -0.0177. The monoisotopic (exact) mass is 327 g/mol. The van der Waals surface area contributed by atoms with Gasteiger partial charge >= 0.3 is 0 Å². The van der Waals surface area contributed by atoms with E-state index in [9.17, 15) is 16.8 Å². The lowest BCUT2D eigenvalue weighted by Crippen LogP contribution is -2.31. The molecule has 0 aliphatic heterocycles. The topological polar surface area (TPSA) is 110 Å². The maximum absolute atomic E-state index is 12.1. The average molecular weight is 328 g/mol. The first-order valence-corrected chi connectivity index (χ1v) is 8.97. The molecule has 1 aromatic heterocycles. The zero-order chi connectivity index (χ0) is 14.8. The van der Waals surface area contributed by atoms with E-state index in [1.165, 1.54) is 13.1 Å². The number of nitrogen functional groups attached to an aromatic ring is 1. The van der Waals surface area contributed by atoms with E-state index in [1.807, 2.05) is 0 Å². The highest BCUT2D eigenvalue weighted by Gasteiger charge is 2.23. The molecule has 0 fully saturated rings. The molecule has 108 valence electrons. The average Bonchev–Trinajstić information content (AvgIpc) is 2.28. The number of aromatic nitrogens is 1. The molecule has 1 rings (SSSR count). The van der Waals surface area contributed by atoms with Crippen molar-refractivity contribution in [3.05, 3.63) is 17.3 Å². The van der Waals surface area contributed by atoms with Gasteiger partial charge in [0.1, 0.15) is 20.6 Å². The second kappa shape index (κ2) is 5.61. The first-order chi connectivity index (χ1) is 8.54. The summed E-state index contributed by atoms with van der Waals surface area (Å²) >= 11 is 5.71. The van der Waals surface area contributed by atoms with E-state index in [1.54, 1.807) is 0 Å². The van der Waals surface area contributed by atoms with Crippen LogP contribution in [-0.2, 0) is 19.9 Å². The number of nitrogens with two attached hydrogens (primary N) is 1. The molecule has 1 heterocycles. The van der Waals surface area contributed by atoms with E-state index >= 15 is 0 Å². The Balaban J connectivity index is 3.00. The van der Waals surface area contributed by atoms with Crippen LogP contribution >= 0.6 is 11.6 Å². The maximum atomic E-state index is 12.1. The Labute approximate surface area is 117 Å². The minimum Gasteiger partial charge on any atom is -0.382 e. The van der Waals surface area contributed by atoms with Gasteiger partial charge in [0.15, 0.2) is 0 Å². The summed E-state index contributed by atoms with van der Waals surface area (Å²) in [6, 6.07) is 1.18. The van der Waals surface area contributed by atoms with Crippen LogP contribution in [0.3, 0.4) is 0 Å². The van der Waals surface area contributed by atoms with Gasteiger partial charge in [-0.15, -0.1) is 0 Å². The molecule has 10 heteroatoms. The molecule has 19 heavy (non-hydrogen) atoms. The quantitative estimate of drug-likeness (QED) is 0.813. The number of nitrogens with zero attached hydrogens (tertiary/aromatic N) is 2. The van der Waals surface area contributed by atoms with Crippen molar-refractivity contribution >= 4 is 37.3 Å². The summed E-state index contributed by atoms with van der Waals surface area (Å²) in [5.74, 6) is -0.238. The number of sulfone groups is 1. The van der Waals surface area contributed by atoms with Gasteiger partial charge < -0.3 is 5.73 Å². The first-order valence-electron chi connectivity index (χ1n) is 5.09. The molecule has 0 radical (unpaired) electrons. The summed E-state index contributed by atoms with van der Waals surface area (Å²) in [6.45, 7) is -0.150. The minimum atomic E-state index is -3.83. The standard InChI is InChI=1S/C9H14ClN3O4S2/c1-13(3-4-18(2,14)15)19(16,17)7-5-8(10)9(11)12-6-7/h5-6H,3-4H2,1-2H3,(H2,11,12). The van der Waals surface area contributed by atoms with Crippen LogP contribution in [0.1, 0.15) is 0 Å². The molecule has 0 spiro atoms. The molecule has 0 aromatic carbocycles. The van der Waals surface area contributed by atoms with Gasteiger partial charge in [0.25, 0.3) is 0 Å². The lowest BCUT2D eigenvalue weighted by Gasteiger charge is -2.16. The number of anilines is 1. The van der Waals surface area contributed by atoms with Gasteiger partial charge in [-0.3, -0.25) is 0 Å². The molecule has 0 saturated carbocycles. The van der Waals surface area contributed by atoms with Crippen LogP contribution in [0.25, 0.3) is 0 Å². The summed E-state index contributed by atoms with van der Waals surface area (Å²) in [7, 11) is -5.80. The fourth-order valence-corrected chi connectivity index (χ4v) is 3.26. The van der Waals surface area contributed by atoms with E-state index < -0.39 is 19.9 Å². The highest BCUT2D eigenvalue weighted by Crippen LogP contribution is 2.21. The Kier molecular flexibility index (Phi) is 4.77. The van der Waals surface area contributed by atoms with Gasteiger partial charge in [-0.2, -0.15) is 4.31 Å². The largest absolute Gasteiger partial charge is 0.382 e. The smallest absolute Gasteiger partial charge is 0.244 e. The van der Waals surface area contributed by atoms with E-state index in [-0.39, 0.29) is 28.0 Å². The molecule has 0 aliphatic rings. The van der Waals surface area contributed by atoms with Crippen LogP contribution in [0.15, 0.2) is 17.2 Å². The number of halogens is 1. The van der Waals surface area contributed by atoms with Gasteiger partial charge in [0.2, 0.25) is 10.0 Å². The van der Waals surface area contributed by atoms with Gasteiger partial charge in [-0.05, 0) is 6.07 Å². The van der Waals surface area contributed by atoms with Crippen molar-refractivity contribution in [2.45, 2.75) is 4.90 Å². The molecular weight excluding hydrogens is 314 g/mol. The zero-order valence-corrected chi connectivity index (χ0v) is 12.8. The van der Waals surface area contributed by atoms with Crippen molar-refractivity contribution in [2.75, 3.05) is 31.3 Å². The van der Waals surface area contributed by atoms with Crippen molar-refractivity contribution < 1.29 is 16.8 Å². The van der Waals surface area contributed by atoms with Crippen LogP contribution in [0, 0.1) is 0 Å². The third kappa shape index (κ3) is 4.30. The fraction of sp³-hybridized carbons (Fsp3) is 0.444. The minimum absolute atomic E-state index is 0.0255. The lowest BCUT2D eigenvalue weighted by atomic mass is 10.5. The van der Waals surface area contributed by atoms with Crippen LogP contribution in [0.5, 0.6) is 0 Å². The van der Waals surface area contributed by atoms with Gasteiger partial charge in [0, 0.05) is 26.0 Å². The zero-order valence-electron chi connectivity index (χ0n) is 10.4. The Bertz CT molecular complexity index is 673. The SMILES string of the molecule is CN(CCS(C)(=O)=O)S(=O)(=O)c1cnc(N)c(Cl)c1. The molecule has 0 unspecified atom stereocenters. The van der Waals surface area contributed by atoms with Crippen LogP contribution in [0.4, 0.5) is 5.82 Å². The molecule has 2 N–H and O–H groups in total. The van der Waals surface area contributed by atoms with Gasteiger partial charge in [0.05, 0.1) is 10.8 Å². The summed E-state index contributed by atoms with van der Waals surface area (Å²) < 4.78 is 47.2. The summed E-state index contributed by atoms with van der Waals surface area (Å²) in [5, 5.41) is 0.0255. The molecule has 7 nitrogen and oxygen atoms in total. The molecule has 0 bridgehead atoms. The third-order valence-electron chi connectivity index (χ3n) is 2.33. The number of hydrogen-bond acceptors (Lipinski definition) is 6. The fourth-order valence-electron chi connectivity index (χ4n) is 1.17. The number of pyridine rings is 1. The van der Waals surface area contributed by atoms with Gasteiger partial charge in [-0.25, -0.2) is 21.8 Å². The highest BCUT2D eigenvalue weighted by atomic mass is 35.5. The Morgan fingerprint density at radius 2 is 1.95 bits per heavy atom. The normalized spacial score (nSPS) is 12.8.